The highest BCUT2D eigenvalue weighted by Gasteiger charge is 2.28. The standard InChI is InChI=1S/C13H13ClN2S/c1-13(2)9(3-6-16-13)11-7-8-10(14)4-5-15-12(8)17-11/h3-5,7,16H,6H2,1-2H3. The number of hydrogen-bond acceptors (Lipinski definition) is 3. The van der Waals surface area contributed by atoms with Gasteiger partial charge < -0.3 is 5.32 Å². The molecular weight excluding hydrogens is 252 g/mol. The molecule has 4 heteroatoms. The van der Waals surface area contributed by atoms with E-state index in [4.69, 9.17) is 11.6 Å². The molecule has 0 atom stereocenters. The molecule has 3 heterocycles. The molecule has 0 amide bonds. The number of halogens is 1. The minimum atomic E-state index is 0.0351. The van der Waals surface area contributed by atoms with Crippen LogP contribution in [-0.2, 0) is 0 Å². The Labute approximate surface area is 109 Å². The van der Waals surface area contributed by atoms with Crippen LogP contribution >= 0.6 is 22.9 Å². The Kier molecular flexibility index (Phi) is 2.51. The topological polar surface area (TPSA) is 24.9 Å². The minimum absolute atomic E-state index is 0.0351. The molecule has 1 aliphatic rings. The van der Waals surface area contributed by atoms with Crippen molar-refractivity contribution in [1.82, 2.24) is 10.3 Å². The molecule has 0 spiro atoms. The molecule has 0 bridgehead atoms. The molecule has 3 rings (SSSR count). The normalized spacial score (nSPS) is 18.6. The number of nitrogens with one attached hydrogen (secondary N) is 1. The average molecular weight is 265 g/mol. The van der Waals surface area contributed by atoms with E-state index in [-0.39, 0.29) is 5.54 Å². The Morgan fingerprint density at radius 3 is 2.94 bits per heavy atom. The molecule has 2 aromatic heterocycles. The Morgan fingerprint density at radius 1 is 1.47 bits per heavy atom. The van der Waals surface area contributed by atoms with Crippen molar-refractivity contribution in [2.45, 2.75) is 19.4 Å². The van der Waals surface area contributed by atoms with Crippen molar-refractivity contribution in [2.24, 2.45) is 0 Å². The molecule has 0 fully saturated rings. The van der Waals surface area contributed by atoms with Crippen molar-refractivity contribution in [2.75, 3.05) is 6.54 Å². The summed E-state index contributed by atoms with van der Waals surface area (Å²) in [6, 6.07) is 3.99. The van der Waals surface area contributed by atoms with Crippen molar-refractivity contribution in [1.29, 1.82) is 0 Å². The van der Waals surface area contributed by atoms with Gasteiger partial charge in [-0.3, -0.25) is 0 Å². The maximum atomic E-state index is 6.18. The number of fused-ring (bicyclic) bond motifs is 1. The second-order valence-corrected chi connectivity index (χ2v) is 6.18. The number of pyridine rings is 1. The molecule has 0 unspecified atom stereocenters. The Balaban J connectivity index is 2.17. The van der Waals surface area contributed by atoms with Gasteiger partial charge in [0.1, 0.15) is 4.83 Å². The van der Waals surface area contributed by atoms with Crippen molar-refractivity contribution < 1.29 is 0 Å². The van der Waals surface area contributed by atoms with E-state index in [0.717, 1.165) is 21.8 Å². The predicted octanol–water partition coefficient (Wildman–Crippen LogP) is 3.71. The van der Waals surface area contributed by atoms with Crippen molar-refractivity contribution >= 4 is 38.7 Å². The maximum Gasteiger partial charge on any atom is 0.125 e. The van der Waals surface area contributed by atoms with E-state index < -0.39 is 0 Å². The molecule has 2 aromatic rings. The average Bonchev–Trinajstić information content (AvgIpc) is 2.81. The number of thiophene rings is 1. The van der Waals surface area contributed by atoms with E-state index in [9.17, 15) is 0 Å². The summed E-state index contributed by atoms with van der Waals surface area (Å²) in [5.41, 5.74) is 1.38. The quantitative estimate of drug-likeness (QED) is 0.849. The number of aromatic nitrogens is 1. The summed E-state index contributed by atoms with van der Waals surface area (Å²) in [6.45, 7) is 5.33. The second-order valence-electron chi connectivity index (χ2n) is 4.75. The fourth-order valence-corrected chi connectivity index (χ4v) is 3.69. The molecular formula is C13H13ClN2S. The van der Waals surface area contributed by atoms with Crippen LogP contribution in [0, 0.1) is 0 Å². The minimum Gasteiger partial charge on any atom is -0.304 e. The van der Waals surface area contributed by atoms with Crippen LogP contribution in [-0.4, -0.2) is 17.1 Å². The van der Waals surface area contributed by atoms with E-state index in [1.807, 2.05) is 6.07 Å². The van der Waals surface area contributed by atoms with E-state index >= 15 is 0 Å². The third-order valence-corrected chi connectivity index (χ3v) is 4.58. The van der Waals surface area contributed by atoms with E-state index in [0.29, 0.717) is 0 Å². The van der Waals surface area contributed by atoms with Crippen LogP contribution in [0.2, 0.25) is 5.02 Å². The van der Waals surface area contributed by atoms with Crippen molar-refractivity contribution in [3.63, 3.8) is 0 Å². The Bertz CT molecular complexity index is 613. The van der Waals surface area contributed by atoms with E-state index in [1.54, 1.807) is 17.5 Å². The second kappa shape index (κ2) is 3.80. The fraction of sp³-hybridized carbons (Fsp3) is 0.308. The lowest BCUT2D eigenvalue weighted by atomic mass is 9.95. The molecule has 1 aliphatic heterocycles. The van der Waals surface area contributed by atoms with Crippen molar-refractivity contribution in [3.05, 3.63) is 34.3 Å². The summed E-state index contributed by atoms with van der Waals surface area (Å²) in [5, 5.41) is 5.30. The zero-order valence-electron chi connectivity index (χ0n) is 9.75. The van der Waals surface area contributed by atoms with Gasteiger partial charge in [0.15, 0.2) is 0 Å². The first kappa shape index (κ1) is 11.2. The summed E-state index contributed by atoms with van der Waals surface area (Å²) in [4.78, 5) is 6.64. The van der Waals surface area contributed by atoms with Crippen LogP contribution in [0.1, 0.15) is 18.7 Å². The van der Waals surface area contributed by atoms with Crippen LogP contribution in [0.3, 0.4) is 0 Å². The highest BCUT2D eigenvalue weighted by molar-refractivity contribution is 7.19. The molecule has 0 radical (unpaired) electrons. The zero-order valence-corrected chi connectivity index (χ0v) is 11.3. The Hall–Kier alpha value is -0.900. The first-order valence-corrected chi connectivity index (χ1v) is 6.77. The lowest BCUT2D eigenvalue weighted by Crippen LogP contribution is -2.34. The summed E-state index contributed by atoms with van der Waals surface area (Å²) < 4.78 is 0. The molecule has 0 aromatic carbocycles. The molecule has 0 saturated heterocycles. The van der Waals surface area contributed by atoms with Crippen LogP contribution in [0.4, 0.5) is 0 Å². The smallest absolute Gasteiger partial charge is 0.125 e. The van der Waals surface area contributed by atoms with Crippen LogP contribution in [0.25, 0.3) is 15.8 Å². The summed E-state index contributed by atoms with van der Waals surface area (Å²) in [5.74, 6) is 0. The summed E-state index contributed by atoms with van der Waals surface area (Å²) in [7, 11) is 0. The predicted molar refractivity (Wildman–Crippen MR) is 74.7 cm³/mol. The fourth-order valence-electron chi connectivity index (χ4n) is 2.21. The van der Waals surface area contributed by atoms with Gasteiger partial charge in [0.2, 0.25) is 0 Å². The van der Waals surface area contributed by atoms with Gasteiger partial charge in [0.25, 0.3) is 0 Å². The molecule has 88 valence electrons. The summed E-state index contributed by atoms with van der Waals surface area (Å²) in [6.07, 6.45) is 4.01. The molecule has 0 aliphatic carbocycles. The lowest BCUT2D eigenvalue weighted by molar-refractivity contribution is 0.547. The summed E-state index contributed by atoms with van der Waals surface area (Å²) >= 11 is 7.89. The maximum absolute atomic E-state index is 6.18. The van der Waals surface area contributed by atoms with Gasteiger partial charge in [-0.1, -0.05) is 17.7 Å². The van der Waals surface area contributed by atoms with Gasteiger partial charge in [-0.15, -0.1) is 11.3 Å². The van der Waals surface area contributed by atoms with Gasteiger partial charge in [-0.2, -0.15) is 0 Å². The highest BCUT2D eigenvalue weighted by atomic mass is 35.5. The first-order chi connectivity index (χ1) is 8.08. The van der Waals surface area contributed by atoms with Crippen LogP contribution in [0.15, 0.2) is 24.4 Å². The first-order valence-electron chi connectivity index (χ1n) is 5.58. The van der Waals surface area contributed by atoms with Gasteiger partial charge in [0.05, 0.1) is 5.02 Å². The zero-order chi connectivity index (χ0) is 12.0. The number of hydrogen-bond donors (Lipinski definition) is 1. The van der Waals surface area contributed by atoms with Crippen LogP contribution in [0.5, 0.6) is 0 Å². The van der Waals surface area contributed by atoms with Gasteiger partial charge in [0, 0.05) is 28.5 Å². The van der Waals surface area contributed by atoms with Crippen LogP contribution < -0.4 is 5.32 Å². The lowest BCUT2D eigenvalue weighted by Gasteiger charge is -2.22. The molecule has 17 heavy (non-hydrogen) atoms. The van der Waals surface area contributed by atoms with E-state index in [1.165, 1.54) is 10.5 Å². The Morgan fingerprint density at radius 2 is 2.29 bits per heavy atom. The highest BCUT2D eigenvalue weighted by Crippen LogP contribution is 2.38. The van der Waals surface area contributed by atoms with Gasteiger partial charge in [-0.05, 0) is 31.6 Å². The number of nitrogens with zero attached hydrogens (tertiary/aromatic N) is 1. The van der Waals surface area contributed by atoms with Crippen molar-refractivity contribution in [3.8, 4) is 0 Å². The van der Waals surface area contributed by atoms with E-state index in [2.05, 4.69) is 36.3 Å². The number of rotatable bonds is 1. The largest absolute Gasteiger partial charge is 0.304 e. The molecule has 1 N–H and O–H groups in total. The third kappa shape index (κ3) is 1.79. The molecule has 0 saturated carbocycles. The molecule has 2 nitrogen and oxygen atoms in total. The van der Waals surface area contributed by atoms with Gasteiger partial charge in [-0.25, -0.2) is 4.98 Å². The SMILES string of the molecule is CC1(C)NCC=C1c1cc2c(Cl)ccnc2s1. The monoisotopic (exact) mass is 264 g/mol. The van der Waals surface area contributed by atoms with Gasteiger partial charge >= 0.3 is 0 Å². The third-order valence-electron chi connectivity index (χ3n) is 3.17.